The zero-order valence-corrected chi connectivity index (χ0v) is 17.0. The molecule has 4 rings (SSSR count). The van der Waals surface area contributed by atoms with Crippen LogP contribution in [0.3, 0.4) is 0 Å². The van der Waals surface area contributed by atoms with Gasteiger partial charge in [0.25, 0.3) is 5.91 Å². The van der Waals surface area contributed by atoms with Gasteiger partial charge in [-0.2, -0.15) is 0 Å². The van der Waals surface area contributed by atoms with Crippen LogP contribution in [0.4, 0.5) is 0 Å². The second kappa shape index (κ2) is 7.18. The number of furan rings is 1. The monoisotopic (exact) mass is 415 g/mol. The summed E-state index contributed by atoms with van der Waals surface area (Å²) in [7, 11) is -3.21. The SMILES string of the molecule is Cc1cc2oc(C(=O)N(Cc3ccco3)[C@H]3CCS(=O)(=O)C3)cc(=O)c2cc1C. The van der Waals surface area contributed by atoms with Crippen LogP contribution in [0.25, 0.3) is 11.0 Å². The molecule has 1 amide bonds. The number of rotatable bonds is 4. The Hall–Kier alpha value is -2.87. The highest BCUT2D eigenvalue weighted by Crippen LogP contribution is 2.24. The number of nitrogens with zero attached hydrogens (tertiary/aromatic N) is 1. The van der Waals surface area contributed by atoms with E-state index >= 15 is 0 Å². The van der Waals surface area contributed by atoms with Gasteiger partial charge in [-0.25, -0.2) is 8.42 Å². The van der Waals surface area contributed by atoms with E-state index in [0.29, 0.717) is 23.2 Å². The Kier molecular flexibility index (Phi) is 4.82. The van der Waals surface area contributed by atoms with Gasteiger partial charge >= 0.3 is 0 Å². The quantitative estimate of drug-likeness (QED) is 0.650. The number of sulfone groups is 1. The average molecular weight is 415 g/mol. The molecule has 1 atom stereocenters. The van der Waals surface area contributed by atoms with Crippen LogP contribution in [0.2, 0.25) is 0 Å². The second-order valence-electron chi connectivity index (χ2n) is 7.48. The maximum atomic E-state index is 13.3. The van der Waals surface area contributed by atoms with Crippen LogP contribution in [-0.2, 0) is 16.4 Å². The normalized spacial score (nSPS) is 18.2. The first-order valence-corrected chi connectivity index (χ1v) is 11.1. The van der Waals surface area contributed by atoms with E-state index in [9.17, 15) is 18.0 Å². The van der Waals surface area contributed by atoms with E-state index in [1.165, 1.54) is 17.2 Å². The van der Waals surface area contributed by atoms with Crippen molar-refractivity contribution in [3.8, 4) is 0 Å². The molecule has 0 unspecified atom stereocenters. The molecule has 7 nitrogen and oxygen atoms in total. The van der Waals surface area contributed by atoms with E-state index in [1.807, 2.05) is 13.8 Å². The van der Waals surface area contributed by atoms with E-state index in [4.69, 9.17) is 8.83 Å². The van der Waals surface area contributed by atoms with Gasteiger partial charge in [0.2, 0.25) is 0 Å². The first kappa shape index (κ1) is 19.4. The summed E-state index contributed by atoms with van der Waals surface area (Å²) in [5.41, 5.74) is 1.93. The average Bonchev–Trinajstić information content (AvgIpc) is 3.29. The third-order valence-corrected chi connectivity index (χ3v) is 7.12. The molecule has 1 aliphatic heterocycles. The molecule has 1 fully saturated rings. The Labute approximate surface area is 167 Å². The Morgan fingerprint density at radius 2 is 1.97 bits per heavy atom. The summed E-state index contributed by atoms with van der Waals surface area (Å²) < 4.78 is 35.1. The number of carbonyl (C=O) groups excluding carboxylic acids is 1. The Morgan fingerprint density at radius 1 is 1.21 bits per heavy atom. The predicted octanol–water partition coefficient (Wildman–Crippen LogP) is 2.83. The summed E-state index contributed by atoms with van der Waals surface area (Å²) in [5, 5.41) is 0.408. The van der Waals surface area contributed by atoms with Crippen molar-refractivity contribution in [2.24, 2.45) is 0 Å². The minimum atomic E-state index is -3.21. The van der Waals surface area contributed by atoms with Crippen molar-refractivity contribution in [3.63, 3.8) is 0 Å². The Bertz CT molecular complexity index is 1240. The van der Waals surface area contributed by atoms with Crippen molar-refractivity contribution >= 4 is 26.7 Å². The van der Waals surface area contributed by atoms with Crippen LogP contribution in [0, 0.1) is 13.8 Å². The molecule has 152 valence electrons. The highest BCUT2D eigenvalue weighted by molar-refractivity contribution is 7.91. The smallest absolute Gasteiger partial charge is 0.290 e. The molecule has 1 saturated heterocycles. The molecule has 0 saturated carbocycles. The number of aryl methyl sites for hydroxylation is 2. The molecule has 0 radical (unpaired) electrons. The third-order valence-electron chi connectivity index (χ3n) is 5.37. The van der Waals surface area contributed by atoms with Crippen LogP contribution in [-0.4, -0.2) is 36.8 Å². The molecule has 0 bridgehead atoms. The van der Waals surface area contributed by atoms with Gasteiger partial charge < -0.3 is 13.7 Å². The summed E-state index contributed by atoms with van der Waals surface area (Å²) in [5.74, 6) is -0.199. The molecular formula is C21H21NO6S. The van der Waals surface area contributed by atoms with Gasteiger partial charge in [-0.1, -0.05) is 0 Å². The van der Waals surface area contributed by atoms with E-state index in [0.717, 1.165) is 11.1 Å². The first-order chi connectivity index (χ1) is 13.7. The van der Waals surface area contributed by atoms with Crippen LogP contribution < -0.4 is 5.43 Å². The molecule has 2 aromatic heterocycles. The fraction of sp³-hybridized carbons (Fsp3) is 0.333. The van der Waals surface area contributed by atoms with Crippen molar-refractivity contribution in [1.82, 2.24) is 4.90 Å². The van der Waals surface area contributed by atoms with Crippen LogP contribution in [0.5, 0.6) is 0 Å². The summed E-state index contributed by atoms with van der Waals surface area (Å²) >= 11 is 0. The number of benzene rings is 1. The maximum Gasteiger partial charge on any atom is 0.290 e. The van der Waals surface area contributed by atoms with Crippen molar-refractivity contribution in [1.29, 1.82) is 0 Å². The summed E-state index contributed by atoms with van der Waals surface area (Å²) in [4.78, 5) is 27.3. The summed E-state index contributed by atoms with van der Waals surface area (Å²) in [6, 6.07) is 7.57. The number of amides is 1. The molecule has 8 heteroatoms. The highest BCUT2D eigenvalue weighted by atomic mass is 32.2. The zero-order chi connectivity index (χ0) is 20.8. The zero-order valence-electron chi connectivity index (χ0n) is 16.2. The van der Waals surface area contributed by atoms with E-state index < -0.39 is 21.8 Å². The van der Waals surface area contributed by atoms with Crippen LogP contribution in [0.15, 0.2) is 50.2 Å². The lowest BCUT2D eigenvalue weighted by Crippen LogP contribution is -2.40. The van der Waals surface area contributed by atoms with Crippen molar-refractivity contribution in [3.05, 3.63) is 69.5 Å². The molecule has 0 N–H and O–H groups in total. The first-order valence-electron chi connectivity index (χ1n) is 9.32. The topological polar surface area (TPSA) is 97.8 Å². The molecule has 0 spiro atoms. The van der Waals surface area contributed by atoms with Gasteiger partial charge in [-0.15, -0.1) is 0 Å². The molecule has 29 heavy (non-hydrogen) atoms. The number of carbonyl (C=O) groups is 1. The predicted molar refractivity (Wildman–Crippen MR) is 108 cm³/mol. The van der Waals surface area contributed by atoms with Gasteiger partial charge in [0.15, 0.2) is 21.0 Å². The number of fused-ring (bicyclic) bond motifs is 1. The van der Waals surface area contributed by atoms with E-state index in [1.54, 1.807) is 24.3 Å². The Morgan fingerprint density at radius 3 is 2.62 bits per heavy atom. The largest absolute Gasteiger partial charge is 0.467 e. The Balaban J connectivity index is 1.75. The van der Waals surface area contributed by atoms with E-state index in [2.05, 4.69) is 0 Å². The molecule has 3 aromatic rings. The standard InChI is InChI=1S/C21H21NO6S/c1-13-8-17-18(23)10-20(28-19(17)9-14(13)2)21(24)22(11-16-4-3-6-27-16)15-5-7-29(25,26)12-15/h3-4,6,8-10,15H,5,7,11-12H2,1-2H3/t15-/m0/s1. The van der Waals surface area contributed by atoms with Crippen molar-refractivity contribution < 1.29 is 22.0 Å². The summed E-state index contributed by atoms with van der Waals surface area (Å²) in [6.07, 6.45) is 1.83. The van der Waals surface area contributed by atoms with Gasteiger partial charge in [0.1, 0.15) is 11.3 Å². The fourth-order valence-corrected chi connectivity index (χ4v) is 5.35. The van der Waals surface area contributed by atoms with Gasteiger partial charge in [0, 0.05) is 12.1 Å². The third kappa shape index (κ3) is 3.85. The van der Waals surface area contributed by atoms with Gasteiger partial charge in [0.05, 0.1) is 29.7 Å². The number of hydrogen-bond acceptors (Lipinski definition) is 6. The molecule has 1 aliphatic rings. The second-order valence-corrected chi connectivity index (χ2v) is 9.71. The summed E-state index contributed by atoms with van der Waals surface area (Å²) in [6.45, 7) is 3.90. The van der Waals surface area contributed by atoms with Crippen LogP contribution >= 0.6 is 0 Å². The van der Waals surface area contributed by atoms with Crippen molar-refractivity contribution in [2.45, 2.75) is 32.9 Å². The van der Waals surface area contributed by atoms with Crippen LogP contribution in [0.1, 0.15) is 33.9 Å². The minimum absolute atomic E-state index is 0.0275. The molecular weight excluding hydrogens is 394 g/mol. The lowest BCUT2D eigenvalue weighted by Gasteiger charge is -2.27. The van der Waals surface area contributed by atoms with Gasteiger partial charge in [-0.05, 0) is 55.7 Å². The highest BCUT2D eigenvalue weighted by Gasteiger charge is 2.36. The lowest BCUT2D eigenvalue weighted by atomic mass is 10.1. The minimum Gasteiger partial charge on any atom is -0.467 e. The fourth-order valence-electron chi connectivity index (χ4n) is 3.62. The maximum absolute atomic E-state index is 13.3. The molecule has 3 heterocycles. The number of hydrogen-bond donors (Lipinski definition) is 0. The lowest BCUT2D eigenvalue weighted by molar-refractivity contribution is 0.0634. The molecule has 0 aliphatic carbocycles. The van der Waals surface area contributed by atoms with Gasteiger partial charge in [-0.3, -0.25) is 9.59 Å². The van der Waals surface area contributed by atoms with E-state index in [-0.39, 0.29) is 29.2 Å². The van der Waals surface area contributed by atoms with Crippen molar-refractivity contribution in [2.75, 3.05) is 11.5 Å². The molecule has 1 aromatic carbocycles.